The van der Waals surface area contributed by atoms with Crippen molar-refractivity contribution in [2.24, 2.45) is 5.73 Å². The highest BCUT2D eigenvalue weighted by molar-refractivity contribution is 6.19. The Bertz CT molecular complexity index is 1570. The third kappa shape index (κ3) is 4.01. The van der Waals surface area contributed by atoms with Gasteiger partial charge < -0.3 is 14.8 Å². The summed E-state index contributed by atoms with van der Waals surface area (Å²) >= 11 is 0. The molecule has 2 aromatic heterocycles. The normalized spacial score (nSPS) is 11.4. The van der Waals surface area contributed by atoms with E-state index in [0.29, 0.717) is 30.7 Å². The lowest BCUT2D eigenvalue weighted by Gasteiger charge is -2.10. The van der Waals surface area contributed by atoms with Crippen LogP contribution in [0.4, 0.5) is 0 Å². The van der Waals surface area contributed by atoms with Gasteiger partial charge in [-0.25, -0.2) is 0 Å². The van der Waals surface area contributed by atoms with Gasteiger partial charge in [-0.1, -0.05) is 48.5 Å². The van der Waals surface area contributed by atoms with Gasteiger partial charge in [0.15, 0.2) is 0 Å². The van der Waals surface area contributed by atoms with Gasteiger partial charge in [-0.2, -0.15) is 0 Å². The van der Waals surface area contributed by atoms with E-state index in [4.69, 9.17) is 10.3 Å². The number of nitrogens with two attached hydrogens (primary N) is 1. The van der Waals surface area contributed by atoms with Crippen molar-refractivity contribution in [1.29, 1.82) is 0 Å². The number of aryl methyl sites for hydroxylation is 2. The van der Waals surface area contributed by atoms with Gasteiger partial charge in [-0.05, 0) is 54.8 Å². The first kappa shape index (κ1) is 22.6. The third-order valence-electron chi connectivity index (χ3n) is 6.60. The van der Waals surface area contributed by atoms with Crippen molar-refractivity contribution in [1.82, 2.24) is 9.72 Å². The van der Waals surface area contributed by atoms with Gasteiger partial charge >= 0.3 is 0 Å². The quantitative estimate of drug-likeness (QED) is 0.332. The number of ketones is 1. The van der Waals surface area contributed by atoms with Crippen LogP contribution in [0.1, 0.15) is 46.3 Å². The number of nitrogens with zero attached hydrogens (tertiary/aromatic N) is 2. The molecule has 3 aromatic carbocycles. The Labute approximate surface area is 203 Å². The molecule has 0 aliphatic carbocycles. The summed E-state index contributed by atoms with van der Waals surface area (Å²) in [5, 5.41) is 5.81. The molecule has 0 unspecified atom stereocenters. The Morgan fingerprint density at radius 2 is 1.74 bits per heavy atom. The zero-order chi connectivity index (χ0) is 24.7. The van der Waals surface area contributed by atoms with Crippen molar-refractivity contribution >= 4 is 33.5 Å². The molecule has 2 heterocycles. The number of amides is 1. The van der Waals surface area contributed by atoms with Crippen molar-refractivity contribution in [2.45, 2.75) is 40.2 Å². The summed E-state index contributed by atoms with van der Waals surface area (Å²) in [4.78, 5) is 24.9. The molecule has 0 saturated heterocycles. The fourth-order valence-electron chi connectivity index (χ4n) is 4.90. The van der Waals surface area contributed by atoms with Crippen LogP contribution in [-0.2, 0) is 17.8 Å². The third-order valence-corrected chi connectivity index (χ3v) is 6.60. The van der Waals surface area contributed by atoms with Crippen LogP contribution in [0.5, 0.6) is 0 Å². The Balaban J connectivity index is 1.85. The van der Waals surface area contributed by atoms with Gasteiger partial charge in [-0.15, -0.1) is 0 Å². The molecular weight excluding hydrogens is 438 g/mol. The lowest BCUT2D eigenvalue weighted by atomic mass is 9.96. The second-order valence-corrected chi connectivity index (χ2v) is 8.97. The van der Waals surface area contributed by atoms with Crippen LogP contribution in [0.3, 0.4) is 0 Å². The first-order valence-electron chi connectivity index (χ1n) is 11.7. The fraction of sp³-hybridized carbons (Fsp3) is 0.207. The zero-order valence-corrected chi connectivity index (χ0v) is 20.1. The van der Waals surface area contributed by atoms with Crippen molar-refractivity contribution < 1.29 is 14.1 Å². The summed E-state index contributed by atoms with van der Waals surface area (Å²) in [7, 11) is 0. The molecule has 0 radical (unpaired) electrons. The van der Waals surface area contributed by atoms with E-state index in [-0.39, 0.29) is 5.78 Å². The average molecular weight is 466 g/mol. The Kier molecular flexibility index (Phi) is 5.73. The SMILES string of the molecule is CCC(=O)Cc1ccc2c(c1)c1c(C(N)=O)cc(-c3c(C)noc3C)cc1n2Cc1ccccc1. The number of carbonyl (C=O) groups excluding carboxylic acids is 2. The molecule has 176 valence electrons. The molecule has 0 bridgehead atoms. The summed E-state index contributed by atoms with van der Waals surface area (Å²) < 4.78 is 7.61. The van der Waals surface area contributed by atoms with Crippen LogP contribution >= 0.6 is 0 Å². The maximum absolute atomic E-state index is 12.7. The summed E-state index contributed by atoms with van der Waals surface area (Å²) in [6, 6.07) is 20.2. The number of hydrogen-bond acceptors (Lipinski definition) is 4. The maximum Gasteiger partial charge on any atom is 0.249 e. The van der Waals surface area contributed by atoms with E-state index in [1.54, 1.807) is 0 Å². The van der Waals surface area contributed by atoms with Crippen molar-refractivity contribution in [2.75, 3.05) is 0 Å². The highest BCUT2D eigenvalue weighted by Crippen LogP contribution is 2.38. The molecule has 0 atom stereocenters. The predicted molar refractivity (Wildman–Crippen MR) is 137 cm³/mol. The number of fused-ring (bicyclic) bond motifs is 3. The van der Waals surface area contributed by atoms with Gasteiger partial charge in [0.05, 0.1) is 11.2 Å². The monoisotopic (exact) mass is 465 g/mol. The van der Waals surface area contributed by atoms with Crippen LogP contribution in [-0.4, -0.2) is 21.4 Å². The van der Waals surface area contributed by atoms with Gasteiger partial charge in [0.1, 0.15) is 11.5 Å². The van der Waals surface area contributed by atoms with Gasteiger partial charge in [0.2, 0.25) is 5.91 Å². The second-order valence-electron chi connectivity index (χ2n) is 8.97. The maximum atomic E-state index is 12.7. The van der Waals surface area contributed by atoms with Crippen LogP contribution in [0, 0.1) is 13.8 Å². The number of benzene rings is 3. The molecule has 0 spiro atoms. The number of aromatic nitrogens is 2. The molecule has 0 saturated carbocycles. The number of Topliss-reactive ketones (excluding diaryl/α,β-unsaturated/α-hetero) is 1. The molecule has 5 aromatic rings. The van der Waals surface area contributed by atoms with E-state index in [0.717, 1.165) is 49.8 Å². The minimum Gasteiger partial charge on any atom is -0.366 e. The van der Waals surface area contributed by atoms with E-state index in [2.05, 4.69) is 27.9 Å². The van der Waals surface area contributed by atoms with E-state index in [1.165, 1.54) is 0 Å². The van der Waals surface area contributed by atoms with E-state index < -0.39 is 5.91 Å². The van der Waals surface area contributed by atoms with E-state index in [1.807, 2.05) is 63.2 Å². The topological polar surface area (TPSA) is 91.1 Å². The minimum absolute atomic E-state index is 0.174. The molecule has 0 fully saturated rings. The number of rotatable bonds is 7. The first-order valence-corrected chi connectivity index (χ1v) is 11.7. The zero-order valence-electron chi connectivity index (χ0n) is 20.1. The van der Waals surface area contributed by atoms with Crippen molar-refractivity contribution in [3.05, 3.63) is 88.8 Å². The average Bonchev–Trinajstić information content (AvgIpc) is 3.35. The van der Waals surface area contributed by atoms with E-state index in [9.17, 15) is 9.59 Å². The van der Waals surface area contributed by atoms with Gasteiger partial charge in [0.25, 0.3) is 0 Å². The second kappa shape index (κ2) is 8.87. The lowest BCUT2D eigenvalue weighted by Crippen LogP contribution is -2.12. The van der Waals surface area contributed by atoms with E-state index >= 15 is 0 Å². The standard InChI is InChI=1S/C29H27N3O3/c1-4-22(33)12-20-10-11-25-23(13-20)28-24(29(30)34)14-21(27-17(2)31-35-18(27)3)15-26(28)32(25)16-19-8-6-5-7-9-19/h5-11,13-15H,4,12,16H2,1-3H3,(H2,30,34). The molecule has 6 heteroatoms. The molecule has 0 aliphatic heterocycles. The molecule has 6 nitrogen and oxygen atoms in total. The van der Waals surface area contributed by atoms with Gasteiger partial charge in [0, 0.05) is 46.8 Å². The highest BCUT2D eigenvalue weighted by Gasteiger charge is 2.22. The van der Waals surface area contributed by atoms with Gasteiger partial charge in [-0.3, -0.25) is 9.59 Å². The summed E-state index contributed by atoms with van der Waals surface area (Å²) in [5.74, 6) is 0.356. The fourth-order valence-corrected chi connectivity index (χ4v) is 4.90. The molecule has 0 aliphatic rings. The first-order chi connectivity index (χ1) is 16.9. The Hall–Kier alpha value is -4.19. The van der Waals surface area contributed by atoms with Crippen LogP contribution < -0.4 is 5.73 Å². The van der Waals surface area contributed by atoms with Crippen LogP contribution in [0.25, 0.3) is 32.9 Å². The number of primary amides is 1. The summed E-state index contributed by atoms with van der Waals surface area (Å²) in [6.45, 7) is 6.24. The van der Waals surface area contributed by atoms with Crippen LogP contribution in [0.15, 0.2) is 65.2 Å². The summed E-state index contributed by atoms with van der Waals surface area (Å²) in [5.41, 5.74) is 12.8. The smallest absolute Gasteiger partial charge is 0.249 e. The largest absolute Gasteiger partial charge is 0.366 e. The summed E-state index contributed by atoms with van der Waals surface area (Å²) in [6.07, 6.45) is 0.849. The molecule has 5 rings (SSSR count). The predicted octanol–water partition coefficient (Wildman–Crippen LogP) is 5.74. The highest BCUT2D eigenvalue weighted by atomic mass is 16.5. The van der Waals surface area contributed by atoms with Crippen LogP contribution in [0.2, 0.25) is 0 Å². The molecule has 2 N–H and O–H groups in total. The Morgan fingerprint density at radius 1 is 0.971 bits per heavy atom. The molecule has 1 amide bonds. The molecular formula is C29H27N3O3. The lowest BCUT2D eigenvalue weighted by molar-refractivity contribution is -0.118. The van der Waals surface area contributed by atoms with Crippen molar-refractivity contribution in [3.8, 4) is 11.1 Å². The minimum atomic E-state index is -0.502. The number of carbonyl (C=O) groups is 2. The molecule has 35 heavy (non-hydrogen) atoms. The number of hydrogen-bond donors (Lipinski definition) is 1. The van der Waals surface area contributed by atoms with Crippen molar-refractivity contribution in [3.63, 3.8) is 0 Å². The Morgan fingerprint density at radius 3 is 2.40 bits per heavy atom.